The third kappa shape index (κ3) is 4.24. The Morgan fingerprint density at radius 2 is 1.61 bits per heavy atom. The van der Waals surface area contributed by atoms with E-state index in [2.05, 4.69) is 5.32 Å². The van der Waals surface area contributed by atoms with E-state index in [0.717, 1.165) is 6.07 Å². The Hall–Kier alpha value is -3.11. The predicted molar refractivity (Wildman–Crippen MR) is 94.9 cm³/mol. The van der Waals surface area contributed by atoms with Gasteiger partial charge in [-0.25, -0.2) is 13.6 Å². The third-order valence-electron chi connectivity index (χ3n) is 3.77. The summed E-state index contributed by atoms with van der Waals surface area (Å²) in [5.74, 6) is -1.02. The summed E-state index contributed by atoms with van der Waals surface area (Å²) in [6.45, 7) is 0. The number of carbonyl (C=O) groups is 1. The molecule has 3 N–H and O–H groups in total. The molecule has 1 amide bonds. The van der Waals surface area contributed by atoms with Crippen molar-refractivity contribution in [3.8, 4) is 11.3 Å². The standard InChI is InChI=1S/C18H13F3N2O4S/c19-18(20,21)14-4-2-1-3-13(14)15-9-10-16(27-15)17(24)23-11-5-7-12(8-6-11)28(22,25)26/h1-10H,(H,23,24)(H2,22,25,26). The Morgan fingerprint density at radius 1 is 0.964 bits per heavy atom. The molecule has 10 heteroatoms. The van der Waals surface area contributed by atoms with Crippen LogP contribution < -0.4 is 10.5 Å². The maximum Gasteiger partial charge on any atom is 0.417 e. The molecule has 0 saturated carbocycles. The fourth-order valence-electron chi connectivity index (χ4n) is 2.47. The minimum absolute atomic E-state index is 0.109. The molecule has 0 aliphatic carbocycles. The van der Waals surface area contributed by atoms with Crippen molar-refractivity contribution in [3.05, 3.63) is 72.0 Å². The first kappa shape index (κ1) is 19.6. The first-order chi connectivity index (χ1) is 13.1. The molecule has 146 valence electrons. The van der Waals surface area contributed by atoms with Crippen LogP contribution in [0.3, 0.4) is 0 Å². The molecule has 0 saturated heterocycles. The van der Waals surface area contributed by atoms with E-state index < -0.39 is 27.7 Å². The molecular weight excluding hydrogens is 397 g/mol. The molecule has 6 nitrogen and oxygen atoms in total. The molecule has 0 atom stereocenters. The quantitative estimate of drug-likeness (QED) is 0.682. The summed E-state index contributed by atoms with van der Waals surface area (Å²) in [7, 11) is -3.87. The lowest BCUT2D eigenvalue weighted by Gasteiger charge is -2.10. The van der Waals surface area contributed by atoms with Crippen molar-refractivity contribution in [2.45, 2.75) is 11.1 Å². The van der Waals surface area contributed by atoms with E-state index in [-0.39, 0.29) is 27.7 Å². The van der Waals surface area contributed by atoms with Gasteiger partial charge in [-0.1, -0.05) is 18.2 Å². The van der Waals surface area contributed by atoms with Gasteiger partial charge in [0.1, 0.15) is 5.76 Å². The average Bonchev–Trinajstić information content (AvgIpc) is 3.11. The molecule has 3 rings (SSSR count). The molecule has 0 aliphatic heterocycles. The Bertz CT molecular complexity index is 1120. The fourth-order valence-corrected chi connectivity index (χ4v) is 2.99. The molecule has 0 bridgehead atoms. The zero-order valence-corrected chi connectivity index (χ0v) is 14.8. The van der Waals surface area contributed by atoms with Crippen molar-refractivity contribution in [2.24, 2.45) is 5.14 Å². The second-order valence-electron chi connectivity index (χ2n) is 5.73. The molecule has 3 aromatic rings. The summed E-state index contributed by atoms with van der Waals surface area (Å²) in [6, 6.07) is 12.4. The summed E-state index contributed by atoms with van der Waals surface area (Å²) in [4.78, 5) is 12.1. The number of hydrogen-bond donors (Lipinski definition) is 2. The first-order valence-electron chi connectivity index (χ1n) is 7.76. The Balaban J connectivity index is 1.82. The zero-order chi connectivity index (χ0) is 20.5. The van der Waals surface area contributed by atoms with Crippen molar-refractivity contribution in [1.29, 1.82) is 0 Å². The third-order valence-corrected chi connectivity index (χ3v) is 4.70. The van der Waals surface area contributed by atoms with Gasteiger partial charge in [-0.15, -0.1) is 0 Å². The van der Waals surface area contributed by atoms with Crippen molar-refractivity contribution in [3.63, 3.8) is 0 Å². The van der Waals surface area contributed by atoms with Gasteiger partial charge in [0, 0.05) is 11.3 Å². The smallest absolute Gasteiger partial charge is 0.417 e. The van der Waals surface area contributed by atoms with E-state index in [9.17, 15) is 26.4 Å². The largest absolute Gasteiger partial charge is 0.451 e. The van der Waals surface area contributed by atoms with Gasteiger partial charge in [-0.05, 0) is 42.5 Å². The molecule has 0 spiro atoms. The molecule has 28 heavy (non-hydrogen) atoms. The topological polar surface area (TPSA) is 102 Å². The van der Waals surface area contributed by atoms with Crippen molar-refractivity contribution >= 4 is 21.6 Å². The number of halogens is 3. The lowest BCUT2D eigenvalue weighted by molar-refractivity contribution is -0.137. The number of nitrogens with one attached hydrogen (secondary N) is 1. The second-order valence-corrected chi connectivity index (χ2v) is 7.29. The van der Waals surface area contributed by atoms with Crippen LogP contribution in [0.1, 0.15) is 16.1 Å². The highest BCUT2D eigenvalue weighted by atomic mass is 32.2. The fraction of sp³-hybridized carbons (Fsp3) is 0.0556. The SMILES string of the molecule is NS(=O)(=O)c1ccc(NC(=O)c2ccc(-c3ccccc3C(F)(F)F)o2)cc1. The van der Waals surface area contributed by atoms with Crippen molar-refractivity contribution in [1.82, 2.24) is 0 Å². The second kappa shape index (κ2) is 7.13. The van der Waals surface area contributed by atoms with E-state index >= 15 is 0 Å². The lowest BCUT2D eigenvalue weighted by atomic mass is 10.1. The van der Waals surface area contributed by atoms with Crippen LogP contribution in [0.25, 0.3) is 11.3 Å². The first-order valence-corrected chi connectivity index (χ1v) is 9.31. The Kier molecular flexibility index (Phi) is 5.01. The van der Waals surface area contributed by atoms with Gasteiger partial charge < -0.3 is 9.73 Å². The number of rotatable bonds is 4. The monoisotopic (exact) mass is 410 g/mol. The molecule has 1 heterocycles. The van der Waals surface area contributed by atoms with E-state index in [1.807, 2.05) is 0 Å². The normalized spacial score (nSPS) is 12.0. The van der Waals surface area contributed by atoms with Gasteiger partial charge in [-0.3, -0.25) is 4.79 Å². The van der Waals surface area contributed by atoms with Gasteiger partial charge in [0.2, 0.25) is 10.0 Å². The number of carbonyl (C=O) groups excluding carboxylic acids is 1. The Labute approximate surface area is 157 Å². The summed E-state index contributed by atoms with van der Waals surface area (Å²) in [5.41, 5.74) is -0.813. The van der Waals surface area contributed by atoms with Gasteiger partial charge in [0.15, 0.2) is 5.76 Å². The van der Waals surface area contributed by atoms with Crippen LogP contribution in [-0.2, 0) is 16.2 Å². The zero-order valence-electron chi connectivity index (χ0n) is 14.0. The number of hydrogen-bond acceptors (Lipinski definition) is 4. The molecule has 0 aliphatic rings. The minimum atomic E-state index is -4.57. The molecule has 0 fully saturated rings. The number of benzene rings is 2. The van der Waals surface area contributed by atoms with Crippen LogP contribution in [0.2, 0.25) is 0 Å². The molecular formula is C18H13F3N2O4S. The van der Waals surface area contributed by atoms with E-state index in [1.54, 1.807) is 0 Å². The van der Waals surface area contributed by atoms with Crippen LogP contribution in [-0.4, -0.2) is 14.3 Å². The van der Waals surface area contributed by atoms with E-state index in [0.29, 0.717) is 0 Å². The molecule has 1 aromatic heterocycles. The number of primary sulfonamides is 1. The van der Waals surface area contributed by atoms with Crippen molar-refractivity contribution < 1.29 is 30.8 Å². The van der Waals surface area contributed by atoms with Gasteiger partial charge in [-0.2, -0.15) is 13.2 Å². The molecule has 2 aromatic carbocycles. The summed E-state index contributed by atoms with van der Waals surface area (Å²) < 4.78 is 67.1. The number of amides is 1. The highest BCUT2D eigenvalue weighted by molar-refractivity contribution is 7.89. The Morgan fingerprint density at radius 3 is 2.21 bits per heavy atom. The average molecular weight is 410 g/mol. The van der Waals surface area contributed by atoms with Crippen LogP contribution in [0, 0.1) is 0 Å². The van der Waals surface area contributed by atoms with Gasteiger partial charge in [0.25, 0.3) is 5.91 Å². The number of furan rings is 1. The van der Waals surface area contributed by atoms with E-state index in [4.69, 9.17) is 9.56 Å². The lowest BCUT2D eigenvalue weighted by Crippen LogP contribution is -2.13. The highest BCUT2D eigenvalue weighted by Crippen LogP contribution is 2.37. The number of alkyl halides is 3. The maximum atomic E-state index is 13.1. The number of anilines is 1. The number of sulfonamides is 1. The van der Waals surface area contributed by atoms with Crippen LogP contribution >= 0.6 is 0 Å². The van der Waals surface area contributed by atoms with Gasteiger partial charge >= 0.3 is 6.18 Å². The minimum Gasteiger partial charge on any atom is -0.451 e. The van der Waals surface area contributed by atoms with Crippen LogP contribution in [0.5, 0.6) is 0 Å². The van der Waals surface area contributed by atoms with Gasteiger partial charge in [0.05, 0.1) is 10.5 Å². The van der Waals surface area contributed by atoms with Crippen molar-refractivity contribution in [2.75, 3.05) is 5.32 Å². The highest BCUT2D eigenvalue weighted by Gasteiger charge is 2.34. The maximum absolute atomic E-state index is 13.1. The summed E-state index contributed by atoms with van der Waals surface area (Å²) in [6.07, 6.45) is -4.57. The summed E-state index contributed by atoms with van der Waals surface area (Å²) >= 11 is 0. The summed E-state index contributed by atoms with van der Waals surface area (Å²) in [5, 5.41) is 7.45. The predicted octanol–water partition coefficient (Wildman–Crippen LogP) is 3.87. The van der Waals surface area contributed by atoms with Crippen LogP contribution in [0.4, 0.5) is 18.9 Å². The molecule has 0 radical (unpaired) electrons. The van der Waals surface area contributed by atoms with Crippen LogP contribution in [0.15, 0.2) is 70.0 Å². The van der Waals surface area contributed by atoms with E-state index in [1.165, 1.54) is 54.6 Å². The molecule has 0 unspecified atom stereocenters. The number of nitrogens with two attached hydrogens (primary N) is 1.